The number of quaternary nitrogens is 1. The molecule has 9 heteroatoms. The van der Waals surface area contributed by atoms with Crippen LogP contribution in [0.5, 0.6) is 0 Å². The number of likely N-dealkylation sites (N-methyl/N-ethyl adjacent to an activating group) is 1. The third-order valence-electron chi connectivity index (χ3n) is 9.56. The number of esters is 1. The number of hydrogen-bond acceptors (Lipinski definition) is 6. The van der Waals surface area contributed by atoms with Gasteiger partial charge in [0.2, 0.25) is 0 Å². The van der Waals surface area contributed by atoms with Gasteiger partial charge in [0, 0.05) is 13.0 Å². The van der Waals surface area contributed by atoms with Gasteiger partial charge in [0.15, 0.2) is 0 Å². The lowest BCUT2D eigenvalue weighted by atomic mass is 10.0. The minimum absolute atomic E-state index is 0.0900. The smallest absolute Gasteiger partial charge is 0.457 e. The summed E-state index contributed by atoms with van der Waals surface area (Å²) >= 11 is 0. The molecule has 0 saturated carbocycles. The molecule has 0 aliphatic heterocycles. The number of hydrogen-bond donors (Lipinski definition) is 1. The van der Waals surface area contributed by atoms with Crippen molar-refractivity contribution in [1.29, 1.82) is 0 Å². The van der Waals surface area contributed by atoms with Gasteiger partial charge < -0.3 is 18.9 Å². The Balaban J connectivity index is 4.10. The molecule has 1 N–H and O–H groups in total. The third kappa shape index (κ3) is 40.4. The summed E-state index contributed by atoms with van der Waals surface area (Å²) in [6.45, 7) is 5.58. The van der Waals surface area contributed by atoms with Crippen LogP contribution in [0.15, 0.2) is 12.2 Å². The molecular weight excluding hydrogens is 673 g/mol. The largest absolute Gasteiger partial charge is 0.472 e. The summed E-state index contributed by atoms with van der Waals surface area (Å²) < 4.78 is 34.9. The van der Waals surface area contributed by atoms with Crippen molar-refractivity contribution in [2.45, 2.75) is 206 Å². The zero-order valence-electron chi connectivity index (χ0n) is 35.1. The highest BCUT2D eigenvalue weighted by Crippen LogP contribution is 2.43. The maximum Gasteiger partial charge on any atom is 0.472 e. The van der Waals surface area contributed by atoms with Gasteiger partial charge in [-0.15, -0.1) is 0 Å². The summed E-state index contributed by atoms with van der Waals surface area (Å²) in [5.41, 5.74) is 0. The molecule has 0 bridgehead atoms. The van der Waals surface area contributed by atoms with Crippen LogP contribution in [0.4, 0.5) is 0 Å². The molecule has 0 aromatic rings. The van der Waals surface area contributed by atoms with Gasteiger partial charge in [0.05, 0.1) is 34.4 Å². The van der Waals surface area contributed by atoms with Gasteiger partial charge in [0.25, 0.3) is 0 Å². The van der Waals surface area contributed by atoms with Crippen LogP contribution in [0.1, 0.15) is 200 Å². The number of rotatable bonds is 41. The van der Waals surface area contributed by atoms with Crippen molar-refractivity contribution in [2.24, 2.45) is 0 Å². The Morgan fingerprint density at radius 1 is 0.577 bits per heavy atom. The average molecular weight is 761 g/mol. The molecule has 0 heterocycles. The first-order valence-electron chi connectivity index (χ1n) is 21.9. The number of allylic oxidation sites excluding steroid dienone is 2. The second kappa shape index (κ2) is 37.2. The van der Waals surface area contributed by atoms with E-state index in [4.69, 9.17) is 18.5 Å². The molecular formula is C43H87NO7P+. The first-order valence-corrected chi connectivity index (χ1v) is 23.4. The van der Waals surface area contributed by atoms with Crippen LogP contribution in [0, 0.1) is 0 Å². The Morgan fingerprint density at radius 3 is 1.54 bits per heavy atom. The van der Waals surface area contributed by atoms with E-state index in [1.807, 2.05) is 21.1 Å². The van der Waals surface area contributed by atoms with Gasteiger partial charge >= 0.3 is 13.8 Å². The Morgan fingerprint density at radius 2 is 1.04 bits per heavy atom. The van der Waals surface area contributed by atoms with Crippen molar-refractivity contribution >= 4 is 13.8 Å². The number of unbranched alkanes of at least 4 members (excludes halogenated alkanes) is 25. The monoisotopic (exact) mass is 761 g/mol. The summed E-state index contributed by atoms with van der Waals surface area (Å²) in [6, 6.07) is 0. The second-order valence-electron chi connectivity index (χ2n) is 16.1. The summed E-state index contributed by atoms with van der Waals surface area (Å²) in [6.07, 6.45) is 39.7. The van der Waals surface area contributed by atoms with E-state index in [-0.39, 0.29) is 25.8 Å². The maximum absolute atomic E-state index is 12.6. The quantitative estimate of drug-likeness (QED) is 0.0218. The van der Waals surface area contributed by atoms with Gasteiger partial charge in [-0.2, -0.15) is 0 Å². The lowest BCUT2D eigenvalue weighted by Crippen LogP contribution is -2.37. The van der Waals surface area contributed by atoms with Crippen molar-refractivity contribution in [3.05, 3.63) is 12.2 Å². The molecule has 2 atom stereocenters. The summed E-state index contributed by atoms with van der Waals surface area (Å²) in [7, 11) is 1.67. The van der Waals surface area contributed by atoms with Crippen LogP contribution in [-0.4, -0.2) is 75.6 Å². The topological polar surface area (TPSA) is 91.3 Å². The number of nitrogens with zero attached hydrogens (tertiary/aromatic N) is 1. The lowest BCUT2D eigenvalue weighted by Gasteiger charge is -2.24. The van der Waals surface area contributed by atoms with Gasteiger partial charge in [-0.05, 0) is 32.1 Å². The molecule has 2 unspecified atom stereocenters. The Kier molecular flexibility index (Phi) is 36.6. The van der Waals surface area contributed by atoms with E-state index >= 15 is 0 Å². The highest BCUT2D eigenvalue weighted by molar-refractivity contribution is 7.47. The fraction of sp³-hybridized carbons (Fsp3) is 0.930. The van der Waals surface area contributed by atoms with Crippen molar-refractivity contribution in [3.63, 3.8) is 0 Å². The van der Waals surface area contributed by atoms with E-state index in [0.29, 0.717) is 24.1 Å². The van der Waals surface area contributed by atoms with E-state index in [1.165, 1.54) is 128 Å². The van der Waals surface area contributed by atoms with Gasteiger partial charge in [-0.1, -0.05) is 174 Å². The van der Waals surface area contributed by atoms with E-state index < -0.39 is 13.9 Å². The molecule has 310 valence electrons. The Hall–Kier alpha value is -0.760. The molecule has 0 rings (SSSR count). The van der Waals surface area contributed by atoms with E-state index in [1.54, 1.807) is 0 Å². The summed E-state index contributed by atoms with van der Waals surface area (Å²) in [5, 5.41) is 0. The molecule has 0 aromatic heterocycles. The minimum Gasteiger partial charge on any atom is -0.457 e. The highest BCUT2D eigenvalue weighted by atomic mass is 31.2. The normalized spacial score (nSPS) is 13.9. The minimum atomic E-state index is -4.27. The molecule has 0 amide bonds. The van der Waals surface area contributed by atoms with Crippen molar-refractivity contribution < 1.29 is 37.3 Å². The molecule has 0 fully saturated rings. The summed E-state index contributed by atoms with van der Waals surface area (Å²) in [5.74, 6) is -0.322. The van der Waals surface area contributed by atoms with Gasteiger partial charge in [-0.25, -0.2) is 4.57 Å². The van der Waals surface area contributed by atoms with Crippen LogP contribution in [-0.2, 0) is 27.9 Å². The van der Waals surface area contributed by atoms with Crippen molar-refractivity contribution in [2.75, 3.05) is 54.1 Å². The van der Waals surface area contributed by atoms with Crippen LogP contribution < -0.4 is 0 Å². The van der Waals surface area contributed by atoms with Crippen LogP contribution in [0.3, 0.4) is 0 Å². The summed E-state index contributed by atoms with van der Waals surface area (Å²) in [4.78, 5) is 22.8. The second-order valence-corrected chi connectivity index (χ2v) is 17.5. The number of phosphoric ester groups is 1. The van der Waals surface area contributed by atoms with Gasteiger partial charge in [-0.3, -0.25) is 13.8 Å². The fourth-order valence-corrected chi connectivity index (χ4v) is 6.89. The standard InChI is InChI=1S/C43H86NO7P/c1-6-8-10-12-14-16-18-19-20-21-22-23-24-25-26-27-29-31-33-35-38-48-40-42(41-50-52(46,47)49-39-37-44(3,4)5)51-43(45)36-34-32-30-28-17-15-13-11-9-7-2/h11,13,42H,6-10,12,14-41H2,1-5H3/p+1/b13-11-. The first kappa shape index (κ1) is 51.2. The lowest BCUT2D eigenvalue weighted by molar-refractivity contribution is -0.870. The van der Waals surface area contributed by atoms with E-state index in [9.17, 15) is 14.3 Å². The number of carbonyl (C=O) groups is 1. The molecule has 0 aromatic carbocycles. The van der Waals surface area contributed by atoms with E-state index in [2.05, 4.69) is 26.0 Å². The number of ether oxygens (including phenoxy) is 2. The highest BCUT2D eigenvalue weighted by Gasteiger charge is 2.26. The van der Waals surface area contributed by atoms with Crippen LogP contribution in [0.25, 0.3) is 0 Å². The zero-order chi connectivity index (χ0) is 38.4. The number of carbonyl (C=O) groups excluding carboxylic acids is 1. The van der Waals surface area contributed by atoms with Crippen molar-refractivity contribution in [1.82, 2.24) is 0 Å². The third-order valence-corrected chi connectivity index (χ3v) is 10.5. The molecule has 8 nitrogen and oxygen atoms in total. The van der Waals surface area contributed by atoms with Gasteiger partial charge in [0.1, 0.15) is 19.3 Å². The zero-order valence-corrected chi connectivity index (χ0v) is 36.0. The fourth-order valence-electron chi connectivity index (χ4n) is 6.14. The van der Waals surface area contributed by atoms with Crippen LogP contribution in [0.2, 0.25) is 0 Å². The predicted molar refractivity (Wildman–Crippen MR) is 220 cm³/mol. The SMILES string of the molecule is CCC/C=C\CCCCCCCC(=O)OC(COCCCCCCCCCCCCCCCCCCCCCC)COP(=O)(O)OCC[N+](C)(C)C. The molecule has 52 heavy (non-hydrogen) atoms. The molecule has 0 aliphatic rings. The number of phosphoric acid groups is 1. The van der Waals surface area contributed by atoms with Crippen LogP contribution >= 0.6 is 7.82 Å². The molecule has 0 saturated heterocycles. The first-order chi connectivity index (χ1) is 25.1. The molecule has 0 radical (unpaired) electrons. The molecule has 0 spiro atoms. The van der Waals surface area contributed by atoms with E-state index in [0.717, 1.165) is 51.4 Å². The predicted octanol–water partition coefficient (Wildman–Crippen LogP) is 12.7. The Labute approximate surface area is 322 Å². The van der Waals surface area contributed by atoms with Crippen molar-refractivity contribution in [3.8, 4) is 0 Å². The molecule has 0 aliphatic carbocycles. The average Bonchev–Trinajstić information content (AvgIpc) is 3.09. The maximum atomic E-state index is 12.6. The Bertz CT molecular complexity index is 848.